The molecule has 0 spiro atoms. The Kier molecular flexibility index (Phi) is 6.58. The summed E-state index contributed by atoms with van der Waals surface area (Å²) in [5, 5.41) is 2.67. The molecule has 1 saturated heterocycles. The third-order valence-electron chi connectivity index (χ3n) is 5.20. The Morgan fingerprint density at radius 3 is 2.41 bits per heavy atom. The highest BCUT2D eigenvalue weighted by atomic mass is 32.2. The van der Waals surface area contributed by atoms with Gasteiger partial charge in [-0.1, -0.05) is 18.2 Å². The summed E-state index contributed by atoms with van der Waals surface area (Å²) in [6.07, 6.45) is 0. The molecule has 4 rings (SSSR count). The van der Waals surface area contributed by atoms with Crippen LogP contribution in [-0.2, 0) is 26.1 Å². The Hall–Kier alpha value is -3.81. The number of sulfonamides is 1. The van der Waals surface area contributed by atoms with Crippen molar-refractivity contribution in [3.05, 3.63) is 74.8 Å². The maximum Gasteiger partial charge on any atom is 0.273 e. The van der Waals surface area contributed by atoms with E-state index in [2.05, 4.69) is 16.0 Å². The number of aromatic nitrogens is 2. The predicted octanol–water partition coefficient (Wildman–Crippen LogP) is -0.828. The number of ether oxygens (including phenoxy) is 1. The van der Waals surface area contributed by atoms with Crippen molar-refractivity contribution in [2.45, 2.75) is 11.4 Å². The quantitative estimate of drug-likeness (QED) is 0.396. The number of rotatable bonds is 5. The summed E-state index contributed by atoms with van der Waals surface area (Å²) >= 11 is 0. The summed E-state index contributed by atoms with van der Waals surface area (Å²) in [7, 11) is -3.80. The molecule has 3 N–H and O–H groups in total. The maximum absolute atomic E-state index is 12.8. The molecule has 2 amide bonds. The first-order valence-corrected chi connectivity index (χ1v) is 11.7. The monoisotopic (exact) mass is 487 g/mol. The third-order valence-corrected chi connectivity index (χ3v) is 7.10. The van der Waals surface area contributed by atoms with Crippen LogP contribution in [0, 0.1) is 0 Å². The smallest absolute Gasteiger partial charge is 0.273 e. The molecule has 0 atom stereocenters. The molecule has 1 fully saturated rings. The first-order chi connectivity index (χ1) is 16.3. The lowest BCUT2D eigenvalue weighted by Crippen LogP contribution is -2.45. The molecule has 1 aliphatic heterocycles. The number of aromatic amines is 1. The molecule has 0 radical (unpaired) electrons. The van der Waals surface area contributed by atoms with E-state index in [1.165, 1.54) is 40.7 Å². The lowest BCUT2D eigenvalue weighted by atomic mass is 10.2. The van der Waals surface area contributed by atoms with E-state index in [-0.39, 0.29) is 47.5 Å². The van der Waals surface area contributed by atoms with Gasteiger partial charge in [-0.25, -0.2) is 13.1 Å². The minimum Gasteiger partial charge on any atom is -0.379 e. The summed E-state index contributed by atoms with van der Waals surface area (Å²) in [5.74, 6) is -1.54. The topological polar surface area (TPSA) is 160 Å². The van der Waals surface area contributed by atoms with Crippen molar-refractivity contribution in [2.75, 3.05) is 26.3 Å². The number of nitrogens with zero attached hydrogens (tertiary/aromatic N) is 2. The second-order valence-corrected chi connectivity index (χ2v) is 9.36. The number of carbonyl (C=O) groups excluding carboxylic acids is 2. The zero-order valence-corrected chi connectivity index (χ0v) is 18.6. The number of amides is 2. The molecule has 13 heteroatoms. The Labute approximate surface area is 193 Å². The van der Waals surface area contributed by atoms with Crippen molar-refractivity contribution in [1.29, 1.82) is 0 Å². The first-order valence-electron chi connectivity index (χ1n) is 10.3. The lowest BCUT2D eigenvalue weighted by molar-refractivity contribution is -0.122. The summed E-state index contributed by atoms with van der Waals surface area (Å²) in [5.41, 5.74) is 3.22. The second kappa shape index (κ2) is 9.59. The summed E-state index contributed by atoms with van der Waals surface area (Å²) in [4.78, 5) is 49.3. The van der Waals surface area contributed by atoms with Gasteiger partial charge in [-0.05, 0) is 30.3 Å². The van der Waals surface area contributed by atoms with Crippen LogP contribution in [0.3, 0.4) is 0 Å². The Morgan fingerprint density at radius 2 is 1.68 bits per heavy atom. The average molecular weight is 487 g/mol. The van der Waals surface area contributed by atoms with Crippen LogP contribution in [0.25, 0.3) is 10.8 Å². The van der Waals surface area contributed by atoms with Crippen LogP contribution in [0.1, 0.15) is 10.4 Å². The minimum atomic E-state index is -3.80. The van der Waals surface area contributed by atoms with Crippen molar-refractivity contribution in [2.24, 2.45) is 0 Å². The molecule has 0 aliphatic carbocycles. The Balaban J connectivity index is 1.43. The van der Waals surface area contributed by atoms with Crippen LogP contribution in [-0.4, -0.2) is 60.6 Å². The molecule has 2 aromatic carbocycles. The fourth-order valence-electron chi connectivity index (χ4n) is 3.47. The van der Waals surface area contributed by atoms with Gasteiger partial charge in [0.05, 0.1) is 28.9 Å². The van der Waals surface area contributed by atoms with Crippen LogP contribution < -0.4 is 22.0 Å². The lowest BCUT2D eigenvalue weighted by Gasteiger charge is -2.26. The Bertz CT molecular complexity index is 1470. The molecule has 12 nitrogen and oxygen atoms in total. The van der Waals surface area contributed by atoms with Gasteiger partial charge in [0.1, 0.15) is 6.54 Å². The number of hydrazine groups is 1. The highest BCUT2D eigenvalue weighted by Crippen LogP contribution is 2.18. The molecule has 3 aromatic rings. The molecule has 0 unspecified atom stereocenters. The molecule has 2 heterocycles. The van der Waals surface area contributed by atoms with Gasteiger partial charge in [0.2, 0.25) is 10.0 Å². The van der Waals surface area contributed by atoms with Gasteiger partial charge >= 0.3 is 0 Å². The summed E-state index contributed by atoms with van der Waals surface area (Å²) in [6, 6.07) is 11.6. The molecule has 0 saturated carbocycles. The molecule has 0 bridgehead atoms. The van der Waals surface area contributed by atoms with Gasteiger partial charge < -0.3 is 4.74 Å². The summed E-state index contributed by atoms with van der Waals surface area (Å²) in [6.45, 7) is 0.453. The molecule has 34 heavy (non-hydrogen) atoms. The number of H-pyrrole nitrogens is 1. The van der Waals surface area contributed by atoms with Gasteiger partial charge in [-0.2, -0.15) is 4.31 Å². The third kappa shape index (κ3) is 4.76. The van der Waals surface area contributed by atoms with Crippen LogP contribution in [0.15, 0.2) is 63.0 Å². The van der Waals surface area contributed by atoms with Gasteiger partial charge in [0.15, 0.2) is 0 Å². The average Bonchev–Trinajstić information content (AvgIpc) is 2.86. The van der Waals surface area contributed by atoms with E-state index in [0.717, 1.165) is 4.68 Å². The van der Waals surface area contributed by atoms with Crippen molar-refractivity contribution in [3.63, 3.8) is 0 Å². The predicted molar refractivity (Wildman–Crippen MR) is 120 cm³/mol. The van der Waals surface area contributed by atoms with E-state index in [4.69, 9.17) is 4.74 Å². The zero-order valence-electron chi connectivity index (χ0n) is 17.8. The number of hydrogen-bond acceptors (Lipinski definition) is 7. The van der Waals surface area contributed by atoms with Crippen LogP contribution in [0.4, 0.5) is 0 Å². The number of hydrogen-bond donors (Lipinski definition) is 3. The molecular weight excluding hydrogens is 466 g/mol. The minimum absolute atomic E-state index is 0.00548. The standard InChI is InChI=1S/C21H21N5O7S/c27-18(13-26-21(30)17-7-2-1-6-16(17)20(29)24-26)22-23-19(28)14-4-3-5-15(12-14)34(31,32)25-8-10-33-11-9-25/h1-7,12H,8-11,13H2,(H,22,27)(H,23,28)(H,24,29). The van der Waals surface area contributed by atoms with Crippen molar-refractivity contribution in [3.8, 4) is 0 Å². The van der Waals surface area contributed by atoms with Gasteiger partial charge in [-0.15, -0.1) is 0 Å². The molecular formula is C21H21N5O7S. The molecule has 1 aliphatic rings. The highest BCUT2D eigenvalue weighted by Gasteiger charge is 2.27. The van der Waals surface area contributed by atoms with E-state index in [9.17, 15) is 27.6 Å². The Morgan fingerprint density at radius 1 is 0.971 bits per heavy atom. The number of nitrogens with one attached hydrogen (secondary N) is 3. The van der Waals surface area contributed by atoms with Gasteiger partial charge in [0.25, 0.3) is 22.9 Å². The first kappa shape index (κ1) is 23.4. The number of carbonyl (C=O) groups is 2. The van der Waals surface area contributed by atoms with E-state index in [1.54, 1.807) is 12.1 Å². The van der Waals surface area contributed by atoms with Crippen molar-refractivity contribution < 1.29 is 22.7 Å². The van der Waals surface area contributed by atoms with Crippen LogP contribution >= 0.6 is 0 Å². The van der Waals surface area contributed by atoms with E-state index in [1.807, 2.05) is 0 Å². The molecule has 178 valence electrons. The van der Waals surface area contributed by atoms with E-state index in [0.29, 0.717) is 0 Å². The maximum atomic E-state index is 12.8. The van der Waals surface area contributed by atoms with E-state index >= 15 is 0 Å². The fourth-order valence-corrected chi connectivity index (χ4v) is 4.93. The van der Waals surface area contributed by atoms with E-state index < -0.39 is 39.5 Å². The van der Waals surface area contributed by atoms with Crippen LogP contribution in [0.2, 0.25) is 0 Å². The van der Waals surface area contributed by atoms with Crippen molar-refractivity contribution >= 4 is 32.6 Å². The zero-order chi connectivity index (χ0) is 24.3. The molecule has 1 aromatic heterocycles. The number of morpholine rings is 1. The largest absolute Gasteiger partial charge is 0.379 e. The second-order valence-electron chi connectivity index (χ2n) is 7.42. The van der Waals surface area contributed by atoms with Gasteiger partial charge in [-0.3, -0.25) is 35.1 Å². The van der Waals surface area contributed by atoms with Crippen LogP contribution in [0.5, 0.6) is 0 Å². The normalized spacial score (nSPS) is 14.6. The van der Waals surface area contributed by atoms with Crippen molar-refractivity contribution in [1.82, 2.24) is 24.9 Å². The summed E-state index contributed by atoms with van der Waals surface area (Å²) < 4.78 is 32.9. The SMILES string of the molecule is O=C(Cn1[nH]c(=O)c2ccccc2c1=O)NNC(=O)c1cccc(S(=O)(=O)N2CCOCC2)c1. The highest BCUT2D eigenvalue weighted by molar-refractivity contribution is 7.89. The number of benzene rings is 2. The number of fused-ring (bicyclic) bond motifs is 1. The fraction of sp³-hybridized carbons (Fsp3) is 0.238. The van der Waals surface area contributed by atoms with Gasteiger partial charge in [0, 0.05) is 18.7 Å².